The molecule has 2 N–H and O–H groups in total. The highest BCUT2D eigenvalue weighted by Crippen LogP contribution is 2.23. The monoisotopic (exact) mass is 247 g/mol. The van der Waals surface area contributed by atoms with Crippen molar-refractivity contribution in [2.24, 2.45) is 0 Å². The molecule has 1 aromatic rings. The first-order valence-corrected chi connectivity index (χ1v) is 6.49. The summed E-state index contributed by atoms with van der Waals surface area (Å²) in [4.78, 5) is 18.7. The Morgan fingerprint density at radius 1 is 1.44 bits per heavy atom. The topological polar surface area (TPSA) is 59.2 Å². The van der Waals surface area contributed by atoms with Crippen molar-refractivity contribution < 1.29 is 4.79 Å². The van der Waals surface area contributed by atoms with E-state index in [4.69, 9.17) is 5.73 Å². The minimum atomic E-state index is -0.380. The molecule has 1 saturated heterocycles. The van der Waals surface area contributed by atoms with Crippen molar-refractivity contribution in [1.82, 2.24) is 9.88 Å². The van der Waals surface area contributed by atoms with Gasteiger partial charge in [0.05, 0.1) is 5.54 Å². The Morgan fingerprint density at radius 3 is 2.72 bits per heavy atom. The number of rotatable bonds is 4. The molecule has 4 heteroatoms. The number of ketones is 1. The summed E-state index contributed by atoms with van der Waals surface area (Å²) in [5.74, 6) is 0.717. The number of Topliss-reactive ketones (excluding diaryl/α,β-unsaturated/α-hetero) is 1. The normalized spacial score (nSPS) is 17.0. The lowest BCUT2D eigenvalue weighted by molar-refractivity contribution is -0.128. The lowest BCUT2D eigenvalue weighted by atomic mass is 9.92. The zero-order valence-corrected chi connectivity index (χ0v) is 11.1. The molecule has 2 rings (SSSR count). The van der Waals surface area contributed by atoms with Crippen molar-refractivity contribution >= 4 is 11.6 Å². The molecule has 0 unspecified atom stereocenters. The fourth-order valence-electron chi connectivity index (χ4n) is 2.46. The number of likely N-dealkylation sites (tertiary alicyclic amines) is 1. The van der Waals surface area contributed by atoms with Crippen LogP contribution >= 0.6 is 0 Å². The van der Waals surface area contributed by atoms with E-state index in [0.717, 1.165) is 18.7 Å². The number of nitrogen functional groups attached to an aromatic ring is 1. The third-order valence-electron chi connectivity index (χ3n) is 3.79. The molecule has 1 aliphatic heterocycles. The van der Waals surface area contributed by atoms with E-state index in [1.807, 2.05) is 19.9 Å². The van der Waals surface area contributed by atoms with Crippen LogP contribution in [0.4, 0.5) is 5.82 Å². The van der Waals surface area contributed by atoms with Gasteiger partial charge in [0.25, 0.3) is 0 Å². The molecule has 1 aromatic heterocycles. The third-order valence-corrected chi connectivity index (χ3v) is 3.79. The zero-order chi connectivity index (χ0) is 13.2. The highest BCUT2D eigenvalue weighted by molar-refractivity contribution is 5.89. The van der Waals surface area contributed by atoms with Crippen molar-refractivity contribution in [2.45, 2.75) is 38.6 Å². The molecular formula is C14H21N3O. The van der Waals surface area contributed by atoms with E-state index in [-0.39, 0.29) is 11.3 Å². The molecule has 0 radical (unpaired) electrons. The lowest BCUT2D eigenvalue weighted by Gasteiger charge is -2.34. The summed E-state index contributed by atoms with van der Waals surface area (Å²) in [6.45, 7) is 6.09. The van der Waals surface area contributed by atoms with Gasteiger partial charge in [-0.1, -0.05) is 0 Å². The smallest absolute Gasteiger partial charge is 0.156 e. The molecule has 4 nitrogen and oxygen atoms in total. The van der Waals surface area contributed by atoms with Crippen molar-refractivity contribution in [3.05, 3.63) is 23.9 Å². The van der Waals surface area contributed by atoms with Crippen LogP contribution in [0.25, 0.3) is 0 Å². The molecule has 18 heavy (non-hydrogen) atoms. The van der Waals surface area contributed by atoms with Gasteiger partial charge in [-0.05, 0) is 57.5 Å². The number of pyridine rings is 1. The van der Waals surface area contributed by atoms with Crippen LogP contribution in [0.3, 0.4) is 0 Å². The van der Waals surface area contributed by atoms with Gasteiger partial charge in [0, 0.05) is 12.6 Å². The Kier molecular flexibility index (Phi) is 3.66. The minimum absolute atomic E-state index is 0.245. The maximum Gasteiger partial charge on any atom is 0.156 e. The number of anilines is 1. The summed E-state index contributed by atoms with van der Waals surface area (Å²) in [7, 11) is 0. The maximum absolute atomic E-state index is 12.4. The van der Waals surface area contributed by atoms with E-state index in [2.05, 4.69) is 9.88 Å². The molecule has 0 spiro atoms. The maximum atomic E-state index is 12.4. The van der Waals surface area contributed by atoms with Crippen LogP contribution in [0.5, 0.6) is 0 Å². The van der Waals surface area contributed by atoms with E-state index < -0.39 is 0 Å². The number of carbonyl (C=O) groups excluding carboxylic acids is 1. The summed E-state index contributed by atoms with van der Waals surface area (Å²) >= 11 is 0. The number of nitrogens with two attached hydrogens (primary N) is 1. The van der Waals surface area contributed by atoms with Crippen molar-refractivity contribution in [3.63, 3.8) is 0 Å². The third kappa shape index (κ3) is 2.70. The number of aromatic nitrogens is 1. The molecule has 1 aliphatic rings. The zero-order valence-electron chi connectivity index (χ0n) is 11.1. The Morgan fingerprint density at radius 2 is 2.11 bits per heavy atom. The lowest BCUT2D eigenvalue weighted by Crippen LogP contribution is -2.49. The fraction of sp³-hybridized carbons (Fsp3) is 0.571. The second-order valence-corrected chi connectivity index (χ2v) is 5.44. The first-order chi connectivity index (χ1) is 8.50. The average molecular weight is 247 g/mol. The minimum Gasteiger partial charge on any atom is -0.384 e. The van der Waals surface area contributed by atoms with Gasteiger partial charge >= 0.3 is 0 Å². The van der Waals surface area contributed by atoms with E-state index in [1.54, 1.807) is 12.3 Å². The number of hydrogen-bond acceptors (Lipinski definition) is 4. The van der Waals surface area contributed by atoms with E-state index in [0.29, 0.717) is 12.2 Å². The van der Waals surface area contributed by atoms with Gasteiger partial charge in [0.2, 0.25) is 0 Å². The van der Waals surface area contributed by atoms with Gasteiger partial charge in [0.15, 0.2) is 5.78 Å². The fourth-order valence-corrected chi connectivity index (χ4v) is 2.46. The Labute approximate surface area is 108 Å². The van der Waals surface area contributed by atoms with Crippen molar-refractivity contribution in [1.29, 1.82) is 0 Å². The second-order valence-electron chi connectivity index (χ2n) is 5.44. The predicted octanol–water partition coefficient (Wildman–Crippen LogP) is 1.65. The molecule has 0 saturated carbocycles. The van der Waals surface area contributed by atoms with Gasteiger partial charge in [-0.15, -0.1) is 0 Å². The number of hydrogen-bond donors (Lipinski definition) is 1. The molecular weight excluding hydrogens is 226 g/mol. The Bertz CT molecular complexity index is 436. The molecule has 1 fully saturated rings. The Hall–Kier alpha value is -1.42. The summed E-state index contributed by atoms with van der Waals surface area (Å²) in [5, 5.41) is 0. The number of nitrogens with zero attached hydrogens (tertiary/aromatic N) is 2. The molecule has 0 atom stereocenters. The van der Waals surface area contributed by atoms with Gasteiger partial charge in [-0.25, -0.2) is 4.98 Å². The van der Waals surface area contributed by atoms with Gasteiger partial charge < -0.3 is 5.73 Å². The summed E-state index contributed by atoms with van der Waals surface area (Å²) in [6, 6.07) is 3.63. The van der Waals surface area contributed by atoms with Crippen LogP contribution in [0.2, 0.25) is 0 Å². The SMILES string of the molecule is CC(C)(C(=O)Cc1ccnc(N)c1)N1CCCC1. The molecule has 0 aromatic carbocycles. The van der Waals surface area contributed by atoms with Gasteiger partial charge in [-0.2, -0.15) is 0 Å². The van der Waals surface area contributed by atoms with Crippen LogP contribution in [-0.4, -0.2) is 34.3 Å². The second kappa shape index (κ2) is 5.06. The molecule has 98 valence electrons. The molecule has 0 amide bonds. The van der Waals surface area contributed by atoms with Crippen LogP contribution in [0.1, 0.15) is 32.3 Å². The average Bonchev–Trinajstić information content (AvgIpc) is 2.82. The first-order valence-electron chi connectivity index (χ1n) is 6.49. The Balaban J connectivity index is 2.06. The summed E-state index contributed by atoms with van der Waals surface area (Å²) in [6.07, 6.45) is 4.47. The summed E-state index contributed by atoms with van der Waals surface area (Å²) < 4.78 is 0. The van der Waals surface area contributed by atoms with Crippen LogP contribution < -0.4 is 5.73 Å². The van der Waals surface area contributed by atoms with Crippen molar-refractivity contribution in [2.75, 3.05) is 18.8 Å². The van der Waals surface area contributed by atoms with Crippen LogP contribution in [-0.2, 0) is 11.2 Å². The van der Waals surface area contributed by atoms with Crippen LogP contribution in [0, 0.1) is 0 Å². The predicted molar refractivity (Wildman–Crippen MR) is 72.2 cm³/mol. The van der Waals surface area contributed by atoms with Gasteiger partial charge in [-0.3, -0.25) is 9.69 Å². The highest BCUT2D eigenvalue weighted by Gasteiger charge is 2.35. The standard InChI is InChI=1S/C14H21N3O/c1-14(2,17-7-3-4-8-17)12(18)9-11-5-6-16-13(15)10-11/h5-6,10H,3-4,7-9H2,1-2H3,(H2,15,16). The van der Waals surface area contributed by atoms with E-state index in [1.165, 1.54) is 12.8 Å². The number of carbonyl (C=O) groups is 1. The largest absolute Gasteiger partial charge is 0.384 e. The summed E-state index contributed by atoms with van der Waals surface area (Å²) in [5.41, 5.74) is 6.20. The molecule has 2 heterocycles. The van der Waals surface area contributed by atoms with Gasteiger partial charge in [0.1, 0.15) is 5.82 Å². The van der Waals surface area contributed by atoms with Crippen LogP contribution in [0.15, 0.2) is 18.3 Å². The van der Waals surface area contributed by atoms with Crippen molar-refractivity contribution in [3.8, 4) is 0 Å². The first kappa shape index (κ1) is 13.0. The molecule has 0 aliphatic carbocycles. The van der Waals surface area contributed by atoms with E-state index >= 15 is 0 Å². The highest BCUT2D eigenvalue weighted by atomic mass is 16.1. The molecule has 0 bridgehead atoms. The van der Waals surface area contributed by atoms with E-state index in [9.17, 15) is 4.79 Å². The quantitative estimate of drug-likeness (QED) is 0.879.